The number of nitriles is 1. The second-order valence-corrected chi connectivity index (χ2v) is 8.87. The minimum Gasteiger partial charge on any atom is -0.338 e. The zero-order chi connectivity index (χ0) is 22.0. The van der Waals surface area contributed by atoms with E-state index in [4.69, 9.17) is 0 Å². The number of likely N-dealkylation sites (tertiary alicyclic amines) is 1. The predicted molar refractivity (Wildman–Crippen MR) is 121 cm³/mol. The fourth-order valence-electron chi connectivity index (χ4n) is 4.61. The van der Waals surface area contributed by atoms with Crippen molar-refractivity contribution in [2.45, 2.75) is 38.0 Å². The third-order valence-electron chi connectivity index (χ3n) is 6.65. The van der Waals surface area contributed by atoms with Crippen molar-refractivity contribution in [2.24, 2.45) is 5.41 Å². The Balaban J connectivity index is 1.31. The van der Waals surface area contributed by atoms with Crippen molar-refractivity contribution in [3.63, 3.8) is 0 Å². The number of rotatable bonds is 5. The lowest BCUT2D eigenvalue weighted by atomic mass is 9.74. The molecule has 0 spiro atoms. The summed E-state index contributed by atoms with van der Waals surface area (Å²) in [5.74, 6) is 0.644. The van der Waals surface area contributed by atoms with Gasteiger partial charge in [0.2, 0.25) is 0 Å². The summed E-state index contributed by atoms with van der Waals surface area (Å²) in [6.07, 6.45) is 9.40. The van der Waals surface area contributed by atoms with E-state index in [1.807, 2.05) is 4.90 Å². The molecule has 3 heterocycles. The molecule has 0 atom stereocenters. The van der Waals surface area contributed by atoms with Gasteiger partial charge in [-0.2, -0.15) is 5.26 Å². The van der Waals surface area contributed by atoms with E-state index in [2.05, 4.69) is 45.3 Å². The number of hydrogen-bond acceptors (Lipinski definition) is 5. The first kappa shape index (κ1) is 20.3. The van der Waals surface area contributed by atoms with Crippen LogP contribution in [0.1, 0.15) is 53.1 Å². The van der Waals surface area contributed by atoms with Crippen molar-refractivity contribution in [3.8, 4) is 17.5 Å². The Labute approximate surface area is 188 Å². The van der Waals surface area contributed by atoms with E-state index in [1.54, 1.807) is 30.6 Å². The number of benzene rings is 1. The Morgan fingerprint density at radius 2 is 1.94 bits per heavy atom. The normalized spacial score (nSPS) is 17.5. The smallest absolute Gasteiger partial charge is 0.256 e. The molecule has 0 N–H and O–H groups in total. The van der Waals surface area contributed by atoms with Crippen LogP contribution in [-0.4, -0.2) is 38.8 Å². The van der Waals surface area contributed by atoms with Crippen LogP contribution >= 0.6 is 0 Å². The van der Waals surface area contributed by atoms with Crippen molar-refractivity contribution >= 4 is 5.91 Å². The van der Waals surface area contributed by atoms with Gasteiger partial charge in [-0.15, -0.1) is 0 Å². The van der Waals surface area contributed by atoms with E-state index < -0.39 is 5.41 Å². The molecule has 0 radical (unpaired) electrons. The first-order valence-corrected chi connectivity index (χ1v) is 11.2. The lowest BCUT2D eigenvalue weighted by Gasteiger charge is -2.37. The predicted octanol–water partition coefficient (Wildman–Crippen LogP) is 4.40. The number of amides is 1. The maximum absolute atomic E-state index is 13.3. The van der Waals surface area contributed by atoms with Gasteiger partial charge in [-0.3, -0.25) is 9.78 Å². The number of carbonyl (C=O) groups is 1. The zero-order valence-electron chi connectivity index (χ0n) is 17.9. The third-order valence-corrected chi connectivity index (χ3v) is 6.65. The van der Waals surface area contributed by atoms with Crippen LogP contribution < -0.4 is 0 Å². The Kier molecular flexibility index (Phi) is 5.40. The van der Waals surface area contributed by atoms with Crippen LogP contribution in [0, 0.1) is 16.7 Å². The second-order valence-electron chi connectivity index (χ2n) is 8.87. The van der Waals surface area contributed by atoms with Gasteiger partial charge < -0.3 is 4.90 Å². The summed E-state index contributed by atoms with van der Waals surface area (Å²) in [5.41, 5.74) is 3.93. The molecule has 0 bridgehead atoms. The summed E-state index contributed by atoms with van der Waals surface area (Å²) in [4.78, 5) is 27.8. The first-order valence-electron chi connectivity index (χ1n) is 11.2. The van der Waals surface area contributed by atoms with E-state index in [0.717, 1.165) is 6.42 Å². The molecule has 1 aliphatic carbocycles. The van der Waals surface area contributed by atoms with Gasteiger partial charge in [0.25, 0.3) is 5.91 Å². The summed E-state index contributed by atoms with van der Waals surface area (Å²) >= 11 is 0. The van der Waals surface area contributed by atoms with Crippen LogP contribution in [0.5, 0.6) is 0 Å². The van der Waals surface area contributed by atoms with Crippen LogP contribution in [0.4, 0.5) is 0 Å². The average Bonchev–Trinajstić information content (AvgIpc) is 3.71. The van der Waals surface area contributed by atoms with Gasteiger partial charge in [0.05, 0.1) is 22.7 Å². The Hall–Kier alpha value is -3.59. The molecule has 1 aromatic carbocycles. The molecule has 160 valence electrons. The van der Waals surface area contributed by atoms with E-state index in [0.29, 0.717) is 48.8 Å². The largest absolute Gasteiger partial charge is 0.338 e. The standard InChI is InChI=1S/C26H25N5O/c27-17-26(16-19-3-1-4-21(15-19)20-6-7-20)9-13-31(14-10-26)25(32)22-5-2-11-29-24(22)23-8-12-28-18-30-23/h1-5,8,11-12,15,18,20H,6-7,9-10,13-14,16H2. The van der Waals surface area contributed by atoms with Crippen LogP contribution in [0.3, 0.4) is 0 Å². The SMILES string of the molecule is N#CC1(Cc2cccc(C3CC3)c2)CCN(C(=O)c2cccnc2-c2ccncn2)CC1. The summed E-state index contributed by atoms with van der Waals surface area (Å²) in [5, 5.41) is 10.1. The Morgan fingerprint density at radius 3 is 2.66 bits per heavy atom. The fraction of sp³-hybridized carbons (Fsp3) is 0.346. The Morgan fingerprint density at radius 1 is 1.09 bits per heavy atom. The molecular formula is C26H25N5O. The molecule has 1 amide bonds. The highest BCUT2D eigenvalue weighted by Crippen LogP contribution is 2.41. The quantitative estimate of drug-likeness (QED) is 0.607. The molecule has 1 saturated carbocycles. The summed E-state index contributed by atoms with van der Waals surface area (Å²) in [6.45, 7) is 1.12. The van der Waals surface area contributed by atoms with Gasteiger partial charge in [-0.25, -0.2) is 9.97 Å². The lowest BCUT2D eigenvalue weighted by molar-refractivity contribution is 0.0647. The van der Waals surface area contributed by atoms with Crippen LogP contribution in [-0.2, 0) is 6.42 Å². The molecule has 1 saturated heterocycles. The van der Waals surface area contributed by atoms with Crippen molar-refractivity contribution in [1.29, 1.82) is 5.26 Å². The second kappa shape index (κ2) is 8.51. The topological polar surface area (TPSA) is 82.8 Å². The maximum atomic E-state index is 13.3. The van der Waals surface area contributed by atoms with Gasteiger partial charge in [-0.1, -0.05) is 24.3 Å². The third kappa shape index (κ3) is 4.11. The van der Waals surface area contributed by atoms with Gasteiger partial charge >= 0.3 is 0 Å². The number of piperidine rings is 1. The highest BCUT2D eigenvalue weighted by atomic mass is 16.2. The van der Waals surface area contributed by atoms with Gasteiger partial charge in [0, 0.05) is 25.5 Å². The van der Waals surface area contributed by atoms with Gasteiger partial charge in [-0.05, 0) is 67.3 Å². The molecule has 32 heavy (non-hydrogen) atoms. The molecule has 6 heteroatoms. The maximum Gasteiger partial charge on any atom is 0.256 e. The van der Waals surface area contributed by atoms with Gasteiger partial charge in [0.15, 0.2) is 0 Å². The monoisotopic (exact) mass is 423 g/mol. The highest BCUT2D eigenvalue weighted by Gasteiger charge is 2.37. The fourth-order valence-corrected chi connectivity index (χ4v) is 4.61. The van der Waals surface area contributed by atoms with E-state index in [9.17, 15) is 10.1 Å². The summed E-state index contributed by atoms with van der Waals surface area (Å²) in [6, 6.07) is 16.6. The lowest BCUT2D eigenvalue weighted by Crippen LogP contribution is -2.43. The molecule has 0 unspecified atom stereocenters. The van der Waals surface area contributed by atoms with Crippen LogP contribution in [0.25, 0.3) is 11.4 Å². The number of nitrogens with zero attached hydrogens (tertiary/aromatic N) is 5. The molecule has 2 aromatic heterocycles. The minimum absolute atomic E-state index is 0.0611. The van der Waals surface area contributed by atoms with Crippen LogP contribution in [0.2, 0.25) is 0 Å². The number of aromatic nitrogens is 3. The van der Waals surface area contributed by atoms with E-state index in [1.165, 1.54) is 30.3 Å². The average molecular weight is 424 g/mol. The molecular weight excluding hydrogens is 398 g/mol. The highest BCUT2D eigenvalue weighted by molar-refractivity contribution is 5.99. The molecule has 6 nitrogen and oxygen atoms in total. The summed E-state index contributed by atoms with van der Waals surface area (Å²) in [7, 11) is 0. The Bertz CT molecular complexity index is 1160. The van der Waals surface area contributed by atoms with Gasteiger partial charge in [0.1, 0.15) is 12.0 Å². The molecule has 3 aromatic rings. The zero-order valence-corrected chi connectivity index (χ0v) is 17.9. The van der Waals surface area contributed by atoms with Crippen molar-refractivity contribution in [1.82, 2.24) is 19.9 Å². The first-order chi connectivity index (χ1) is 15.7. The summed E-state index contributed by atoms with van der Waals surface area (Å²) < 4.78 is 0. The molecule has 2 fully saturated rings. The van der Waals surface area contributed by atoms with Crippen LogP contribution in [0.15, 0.2) is 61.2 Å². The van der Waals surface area contributed by atoms with Crippen molar-refractivity contribution in [3.05, 3.63) is 77.9 Å². The molecule has 1 aliphatic heterocycles. The van der Waals surface area contributed by atoms with Crippen molar-refractivity contribution in [2.75, 3.05) is 13.1 Å². The molecule has 2 aliphatic rings. The molecule has 5 rings (SSSR count). The minimum atomic E-state index is -0.427. The van der Waals surface area contributed by atoms with E-state index in [-0.39, 0.29) is 5.91 Å². The number of carbonyl (C=O) groups excluding carboxylic acids is 1. The number of pyridine rings is 1. The number of hydrogen-bond donors (Lipinski definition) is 0. The van der Waals surface area contributed by atoms with E-state index >= 15 is 0 Å². The van der Waals surface area contributed by atoms with Crippen molar-refractivity contribution < 1.29 is 4.79 Å².